The molecule has 4 rings (SSSR count). The zero-order chi connectivity index (χ0) is 18.8. The lowest BCUT2D eigenvalue weighted by molar-refractivity contribution is 0.102. The maximum Gasteiger partial charge on any atom is 0.255 e. The van der Waals surface area contributed by atoms with Gasteiger partial charge in [-0.1, -0.05) is 24.3 Å². The molecule has 0 radical (unpaired) electrons. The van der Waals surface area contributed by atoms with Crippen LogP contribution in [0, 0.1) is 0 Å². The summed E-state index contributed by atoms with van der Waals surface area (Å²) in [6.07, 6.45) is 0. The van der Waals surface area contributed by atoms with Crippen molar-refractivity contribution in [1.82, 2.24) is 4.98 Å². The van der Waals surface area contributed by atoms with E-state index in [1.54, 1.807) is 11.3 Å². The van der Waals surface area contributed by atoms with Gasteiger partial charge in [0.25, 0.3) is 5.91 Å². The highest BCUT2D eigenvalue weighted by Gasteiger charge is 2.09. The van der Waals surface area contributed by atoms with Gasteiger partial charge in [0.05, 0.1) is 10.2 Å². The van der Waals surface area contributed by atoms with Gasteiger partial charge in [0.2, 0.25) is 0 Å². The Morgan fingerprint density at radius 2 is 1.74 bits per heavy atom. The largest absolute Gasteiger partial charge is 0.378 e. The van der Waals surface area contributed by atoms with Crippen molar-refractivity contribution in [2.75, 3.05) is 24.3 Å². The fraction of sp³-hybridized carbons (Fsp3) is 0.0909. The lowest BCUT2D eigenvalue weighted by atomic mass is 10.1. The fourth-order valence-corrected chi connectivity index (χ4v) is 3.80. The average Bonchev–Trinajstić information content (AvgIpc) is 3.12. The number of carbonyl (C=O) groups is 1. The Morgan fingerprint density at radius 1 is 0.963 bits per heavy atom. The number of nitrogens with one attached hydrogen (secondary N) is 1. The second-order valence-corrected chi connectivity index (χ2v) is 7.49. The molecule has 0 bridgehead atoms. The second-order valence-electron chi connectivity index (χ2n) is 6.46. The molecule has 5 heteroatoms. The summed E-state index contributed by atoms with van der Waals surface area (Å²) in [6, 6.07) is 23.4. The number of amides is 1. The molecule has 4 aromatic rings. The first-order valence-electron chi connectivity index (χ1n) is 8.65. The number of hydrogen-bond acceptors (Lipinski definition) is 4. The molecule has 134 valence electrons. The van der Waals surface area contributed by atoms with Crippen LogP contribution in [0.25, 0.3) is 20.8 Å². The highest BCUT2D eigenvalue weighted by molar-refractivity contribution is 7.21. The molecule has 1 aromatic heterocycles. The highest BCUT2D eigenvalue weighted by atomic mass is 32.1. The van der Waals surface area contributed by atoms with Gasteiger partial charge in [-0.3, -0.25) is 4.79 Å². The van der Waals surface area contributed by atoms with Crippen molar-refractivity contribution in [1.29, 1.82) is 0 Å². The number of anilines is 2. The number of benzene rings is 3. The van der Waals surface area contributed by atoms with Gasteiger partial charge in [0.15, 0.2) is 0 Å². The molecular weight excluding hydrogens is 354 g/mol. The number of carbonyl (C=O) groups excluding carboxylic acids is 1. The molecule has 0 saturated carbocycles. The van der Waals surface area contributed by atoms with Crippen molar-refractivity contribution in [3.05, 3.63) is 78.4 Å². The minimum absolute atomic E-state index is 0.123. The van der Waals surface area contributed by atoms with Crippen molar-refractivity contribution in [3.8, 4) is 10.6 Å². The summed E-state index contributed by atoms with van der Waals surface area (Å²) in [5.74, 6) is -0.123. The molecule has 0 unspecified atom stereocenters. The minimum atomic E-state index is -0.123. The summed E-state index contributed by atoms with van der Waals surface area (Å²) in [6.45, 7) is 0. The van der Waals surface area contributed by atoms with Gasteiger partial charge in [0, 0.05) is 36.6 Å². The van der Waals surface area contributed by atoms with Crippen LogP contribution in [0.5, 0.6) is 0 Å². The molecule has 27 heavy (non-hydrogen) atoms. The van der Waals surface area contributed by atoms with Crippen LogP contribution in [0.15, 0.2) is 72.8 Å². The molecule has 1 N–H and O–H groups in total. The number of aromatic nitrogens is 1. The number of hydrogen-bond donors (Lipinski definition) is 1. The Kier molecular flexibility index (Phi) is 4.60. The summed E-state index contributed by atoms with van der Waals surface area (Å²) >= 11 is 1.65. The number of fused-ring (bicyclic) bond motifs is 1. The van der Waals surface area contributed by atoms with E-state index >= 15 is 0 Å². The van der Waals surface area contributed by atoms with Crippen LogP contribution < -0.4 is 10.2 Å². The Bertz CT molecular complexity index is 1070. The third-order valence-electron chi connectivity index (χ3n) is 4.31. The molecule has 0 aliphatic rings. The summed E-state index contributed by atoms with van der Waals surface area (Å²) in [5, 5.41) is 3.92. The molecule has 0 fully saturated rings. The van der Waals surface area contributed by atoms with Gasteiger partial charge in [-0.05, 0) is 48.5 Å². The lowest BCUT2D eigenvalue weighted by Gasteiger charge is -2.12. The van der Waals surface area contributed by atoms with Crippen molar-refractivity contribution >= 4 is 38.8 Å². The molecule has 1 heterocycles. The van der Waals surface area contributed by atoms with Crippen LogP contribution in [0.2, 0.25) is 0 Å². The maximum absolute atomic E-state index is 12.5. The monoisotopic (exact) mass is 373 g/mol. The Hall–Kier alpha value is -3.18. The summed E-state index contributed by atoms with van der Waals surface area (Å²) in [5.41, 5.74) is 4.44. The van der Waals surface area contributed by atoms with Gasteiger partial charge in [-0.15, -0.1) is 11.3 Å². The molecule has 0 aliphatic heterocycles. The highest BCUT2D eigenvalue weighted by Crippen LogP contribution is 2.31. The van der Waals surface area contributed by atoms with Crippen LogP contribution in [0.1, 0.15) is 10.4 Å². The second kappa shape index (κ2) is 7.21. The van der Waals surface area contributed by atoms with Gasteiger partial charge in [-0.2, -0.15) is 0 Å². The predicted molar refractivity (Wildman–Crippen MR) is 114 cm³/mol. The van der Waals surface area contributed by atoms with Gasteiger partial charge < -0.3 is 10.2 Å². The molecule has 4 nitrogen and oxygen atoms in total. The molecule has 0 spiro atoms. The smallest absolute Gasteiger partial charge is 0.255 e. The van der Waals surface area contributed by atoms with E-state index in [-0.39, 0.29) is 5.91 Å². The molecular formula is C22H19N3OS. The third kappa shape index (κ3) is 3.68. The average molecular weight is 373 g/mol. The van der Waals surface area contributed by atoms with E-state index in [2.05, 4.69) is 16.4 Å². The van der Waals surface area contributed by atoms with E-state index in [0.717, 1.165) is 32.2 Å². The summed E-state index contributed by atoms with van der Waals surface area (Å²) in [4.78, 5) is 19.2. The van der Waals surface area contributed by atoms with Crippen LogP contribution in [-0.2, 0) is 0 Å². The topological polar surface area (TPSA) is 45.2 Å². The van der Waals surface area contributed by atoms with E-state index in [0.29, 0.717) is 5.56 Å². The van der Waals surface area contributed by atoms with E-state index in [1.807, 2.05) is 85.7 Å². The van der Waals surface area contributed by atoms with Crippen LogP contribution in [0.4, 0.5) is 11.4 Å². The van der Waals surface area contributed by atoms with Crippen LogP contribution in [0.3, 0.4) is 0 Å². The number of thiazole rings is 1. The minimum Gasteiger partial charge on any atom is -0.378 e. The van der Waals surface area contributed by atoms with Crippen LogP contribution in [-0.4, -0.2) is 25.0 Å². The molecule has 0 saturated heterocycles. The van der Waals surface area contributed by atoms with E-state index < -0.39 is 0 Å². The molecule has 0 atom stereocenters. The zero-order valence-electron chi connectivity index (χ0n) is 15.1. The molecule has 3 aromatic carbocycles. The van der Waals surface area contributed by atoms with Crippen molar-refractivity contribution in [2.24, 2.45) is 0 Å². The number of nitrogens with zero attached hydrogens (tertiary/aromatic N) is 2. The first-order valence-corrected chi connectivity index (χ1v) is 9.46. The fourth-order valence-electron chi connectivity index (χ4n) is 2.84. The van der Waals surface area contributed by atoms with Crippen LogP contribution >= 0.6 is 11.3 Å². The molecule has 1 amide bonds. The Labute approximate surface area is 162 Å². The van der Waals surface area contributed by atoms with Gasteiger partial charge in [0.1, 0.15) is 5.01 Å². The van der Waals surface area contributed by atoms with E-state index in [1.165, 1.54) is 0 Å². The predicted octanol–water partition coefficient (Wildman–Crippen LogP) is 5.28. The zero-order valence-corrected chi connectivity index (χ0v) is 16.0. The van der Waals surface area contributed by atoms with Crippen molar-refractivity contribution in [2.45, 2.75) is 0 Å². The quantitative estimate of drug-likeness (QED) is 0.529. The van der Waals surface area contributed by atoms with Crippen molar-refractivity contribution in [3.63, 3.8) is 0 Å². The summed E-state index contributed by atoms with van der Waals surface area (Å²) < 4.78 is 1.16. The van der Waals surface area contributed by atoms with Gasteiger partial charge in [-0.25, -0.2) is 4.98 Å². The summed E-state index contributed by atoms with van der Waals surface area (Å²) in [7, 11) is 3.95. The van der Waals surface area contributed by atoms with E-state index in [4.69, 9.17) is 0 Å². The maximum atomic E-state index is 12.5. The standard InChI is InChI=1S/C22H19N3OS/c1-25(2)18-12-10-15(11-13-18)21(26)23-17-7-5-6-16(14-17)22-24-19-8-3-4-9-20(19)27-22/h3-14H,1-2H3,(H,23,26). The first-order chi connectivity index (χ1) is 13.1. The SMILES string of the molecule is CN(C)c1ccc(C(=O)Nc2cccc(-c3nc4ccccc4s3)c2)cc1. The lowest BCUT2D eigenvalue weighted by Crippen LogP contribution is -2.13. The van der Waals surface area contributed by atoms with E-state index in [9.17, 15) is 4.79 Å². The normalized spacial score (nSPS) is 10.7. The Balaban J connectivity index is 1.56. The van der Waals surface area contributed by atoms with Gasteiger partial charge >= 0.3 is 0 Å². The Morgan fingerprint density at radius 3 is 2.48 bits per heavy atom. The number of para-hydroxylation sites is 1. The third-order valence-corrected chi connectivity index (χ3v) is 5.39. The number of rotatable bonds is 4. The first kappa shape index (κ1) is 17.2. The van der Waals surface area contributed by atoms with Crippen molar-refractivity contribution < 1.29 is 4.79 Å². The molecule has 0 aliphatic carbocycles.